The Bertz CT molecular complexity index is 1450. The van der Waals surface area contributed by atoms with Crippen molar-refractivity contribution in [1.29, 1.82) is 0 Å². The molecule has 63 heavy (non-hydrogen) atoms. The average Bonchev–Trinajstić information content (AvgIpc) is 3.24. The molecule has 0 aromatic heterocycles. The van der Waals surface area contributed by atoms with Crippen molar-refractivity contribution in [2.45, 2.75) is 134 Å². The van der Waals surface area contributed by atoms with Crippen LogP contribution in [0, 0.1) is 0 Å². The van der Waals surface area contributed by atoms with Gasteiger partial charge in [-0.3, -0.25) is 24.0 Å². The number of ether oxygens (including phenoxy) is 4. The number of carboxylic acid groups (broad SMARTS) is 2. The van der Waals surface area contributed by atoms with Gasteiger partial charge in [0, 0.05) is 32.4 Å². The maximum absolute atomic E-state index is 12.3. The fraction of sp³-hybridized carbons (Fsp3) is 0.705. The Labute approximate surface area is 373 Å². The molecule has 1 aromatic carbocycles. The minimum atomic E-state index is -1.19. The maximum Gasteiger partial charge on any atom is 0.326 e. The molecule has 18 nitrogen and oxygen atoms in total. The first-order chi connectivity index (χ1) is 30.4. The van der Waals surface area contributed by atoms with Crippen LogP contribution in [0.3, 0.4) is 0 Å². The van der Waals surface area contributed by atoms with E-state index in [4.69, 9.17) is 31.9 Å². The summed E-state index contributed by atoms with van der Waals surface area (Å²) in [6.07, 6.45) is 15.5. The molecule has 1 aromatic rings. The Morgan fingerprint density at radius 1 is 0.508 bits per heavy atom. The predicted molar refractivity (Wildman–Crippen MR) is 234 cm³/mol. The summed E-state index contributed by atoms with van der Waals surface area (Å²) in [6, 6.07) is 4.10. The van der Waals surface area contributed by atoms with Gasteiger partial charge in [0.05, 0.1) is 51.4 Å². The molecule has 0 bridgehead atoms. The second-order valence-corrected chi connectivity index (χ2v) is 15.3. The smallest absolute Gasteiger partial charge is 0.326 e. The molecule has 0 saturated heterocycles. The van der Waals surface area contributed by atoms with Crippen molar-refractivity contribution in [2.75, 3.05) is 65.9 Å². The highest BCUT2D eigenvalue weighted by molar-refractivity contribution is 6.59. The Morgan fingerprint density at radius 3 is 1.44 bits per heavy atom. The second kappa shape index (κ2) is 37.9. The zero-order chi connectivity index (χ0) is 46.3. The predicted octanol–water partition coefficient (Wildman–Crippen LogP) is 3.09. The molecule has 0 saturated carbocycles. The number of unbranched alkanes of at least 4 members (excludes halogenated alkanes) is 13. The van der Waals surface area contributed by atoms with E-state index in [1.807, 2.05) is 0 Å². The van der Waals surface area contributed by atoms with Crippen LogP contribution < -0.4 is 21.3 Å². The van der Waals surface area contributed by atoms with Gasteiger partial charge in [0.2, 0.25) is 23.6 Å². The van der Waals surface area contributed by atoms with E-state index in [0.717, 1.165) is 44.9 Å². The third kappa shape index (κ3) is 34.6. The molecule has 0 heterocycles. The van der Waals surface area contributed by atoms with E-state index < -0.39 is 35.6 Å². The van der Waals surface area contributed by atoms with E-state index in [9.17, 15) is 43.8 Å². The van der Waals surface area contributed by atoms with Crippen LogP contribution >= 0.6 is 0 Å². The standard InChI is InChI=1S/C44H71BN4O14/c45-43(57)37(31-34-17-19-35(50)20-18-34)49-41(54)33-63-30-28-61-26-24-47-40(53)32-62-29-27-60-25-23-46-38(51)22-21-36(44(58)59)48-39(52)15-13-11-9-7-5-3-1-2-4-6-8-10-12-14-16-42(55)56/h17-20,36-37,50H,1-16,21-33H2,(H,46,51)(H,47,53)(H,48,52)(H,49,54)(H,55,56)(H,58,59)/t36-,37?/m0/s1. The molecule has 2 atom stereocenters. The van der Waals surface area contributed by atoms with Crippen molar-refractivity contribution in [3.63, 3.8) is 0 Å². The molecule has 1 unspecified atom stereocenters. The van der Waals surface area contributed by atoms with E-state index in [-0.39, 0.29) is 122 Å². The van der Waals surface area contributed by atoms with Gasteiger partial charge in [-0.05, 0) is 43.4 Å². The number of carbonyl (C=O) groups excluding carboxylic acids is 5. The van der Waals surface area contributed by atoms with Crippen LogP contribution in [0.4, 0.5) is 0 Å². The Balaban J connectivity index is 1.95. The van der Waals surface area contributed by atoms with Crippen molar-refractivity contribution in [3.05, 3.63) is 29.8 Å². The van der Waals surface area contributed by atoms with E-state index in [1.54, 1.807) is 12.1 Å². The number of hydrogen-bond donors (Lipinski definition) is 7. The summed E-state index contributed by atoms with van der Waals surface area (Å²) in [7, 11) is 5.39. The average molecular weight is 891 g/mol. The molecule has 0 spiro atoms. The van der Waals surface area contributed by atoms with Crippen LogP contribution in [0.5, 0.6) is 5.75 Å². The Kier molecular flexibility index (Phi) is 34.0. The minimum absolute atomic E-state index is 0.0382. The highest BCUT2D eigenvalue weighted by Crippen LogP contribution is 2.14. The van der Waals surface area contributed by atoms with Crippen molar-refractivity contribution < 1.29 is 67.8 Å². The van der Waals surface area contributed by atoms with Crippen LogP contribution in [0.1, 0.15) is 121 Å². The van der Waals surface area contributed by atoms with Crippen molar-refractivity contribution in [1.82, 2.24) is 21.3 Å². The molecule has 0 aliphatic heterocycles. The van der Waals surface area contributed by atoms with Gasteiger partial charge >= 0.3 is 11.9 Å². The topological polar surface area (TPSA) is 265 Å². The second-order valence-electron chi connectivity index (χ2n) is 15.3. The highest BCUT2D eigenvalue weighted by Gasteiger charge is 2.21. The van der Waals surface area contributed by atoms with Crippen LogP contribution in [-0.4, -0.2) is 142 Å². The van der Waals surface area contributed by atoms with Gasteiger partial charge in [-0.2, -0.15) is 0 Å². The first kappa shape index (κ1) is 56.4. The first-order valence-electron chi connectivity index (χ1n) is 22.3. The monoisotopic (exact) mass is 891 g/mol. The highest BCUT2D eigenvalue weighted by atomic mass is 16.5. The van der Waals surface area contributed by atoms with E-state index in [2.05, 4.69) is 21.3 Å². The van der Waals surface area contributed by atoms with Crippen molar-refractivity contribution >= 4 is 49.1 Å². The number of amides is 4. The largest absolute Gasteiger partial charge is 0.508 e. The Hall–Kier alpha value is -4.59. The van der Waals surface area contributed by atoms with E-state index in [1.165, 1.54) is 50.7 Å². The van der Waals surface area contributed by atoms with Crippen LogP contribution in [0.25, 0.3) is 0 Å². The van der Waals surface area contributed by atoms with Gasteiger partial charge in [-0.25, -0.2) is 4.79 Å². The molecule has 4 amide bonds. The molecular formula is C44H71BN4O14. The van der Waals surface area contributed by atoms with Gasteiger partial charge in [0.1, 0.15) is 25.0 Å². The summed E-state index contributed by atoms with van der Waals surface area (Å²) in [6.45, 7) is 0.889. The number of rotatable bonds is 42. The summed E-state index contributed by atoms with van der Waals surface area (Å²) < 4.78 is 21.3. The Morgan fingerprint density at radius 2 is 0.952 bits per heavy atom. The lowest BCUT2D eigenvalue weighted by atomic mass is 9.90. The lowest BCUT2D eigenvalue weighted by Gasteiger charge is -2.16. The summed E-state index contributed by atoms with van der Waals surface area (Å²) >= 11 is 0. The molecule has 7 N–H and O–H groups in total. The van der Waals surface area contributed by atoms with Crippen molar-refractivity contribution in [3.8, 4) is 5.75 Å². The van der Waals surface area contributed by atoms with Crippen molar-refractivity contribution in [2.24, 2.45) is 0 Å². The number of benzene rings is 1. The van der Waals surface area contributed by atoms with E-state index in [0.29, 0.717) is 12.0 Å². The lowest BCUT2D eigenvalue weighted by molar-refractivity contribution is -0.142. The van der Waals surface area contributed by atoms with Gasteiger partial charge < -0.3 is 60.3 Å². The summed E-state index contributed by atoms with van der Waals surface area (Å²) in [4.78, 5) is 82.5. The van der Waals surface area contributed by atoms with Gasteiger partial charge in [-0.15, -0.1) is 0 Å². The number of aliphatic carboxylic acids is 2. The molecule has 1 rings (SSSR count). The fourth-order valence-electron chi connectivity index (χ4n) is 6.24. The SMILES string of the molecule is [B]C(=O)C(Cc1ccc(O)cc1)NC(=O)COCCOCCNC(=O)COCCOCCNC(=O)CC[C@H](NC(=O)CCCCCCCCCCCCCCCCC(=O)O)C(=O)O. The zero-order valence-corrected chi connectivity index (χ0v) is 36.9. The number of phenols is 1. The number of hydrogen-bond acceptors (Lipinski definition) is 12. The number of phenolic OH excluding ortho intramolecular Hbond substituents is 1. The van der Waals surface area contributed by atoms with Gasteiger partial charge in [0.25, 0.3) is 0 Å². The summed E-state index contributed by atoms with van der Waals surface area (Å²) in [5, 5.41) is 37.9. The summed E-state index contributed by atoms with van der Waals surface area (Å²) in [5.74, 6) is -3.42. The normalized spacial score (nSPS) is 11.9. The number of aromatic hydroxyl groups is 1. The number of nitrogens with one attached hydrogen (secondary N) is 4. The molecule has 0 aliphatic carbocycles. The number of carboxylic acids is 2. The molecule has 0 fully saturated rings. The van der Waals surface area contributed by atoms with Gasteiger partial charge in [-0.1, -0.05) is 89.2 Å². The van der Waals surface area contributed by atoms with Gasteiger partial charge in [0.15, 0.2) is 7.85 Å². The third-order valence-electron chi connectivity index (χ3n) is 9.74. The maximum atomic E-state index is 12.3. The number of carbonyl (C=O) groups is 7. The van der Waals surface area contributed by atoms with E-state index >= 15 is 0 Å². The van der Waals surface area contributed by atoms with Crippen LogP contribution in [0.2, 0.25) is 0 Å². The fourth-order valence-corrected chi connectivity index (χ4v) is 6.24. The van der Waals surface area contributed by atoms with Crippen LogP contribution in [0.15, 0.2) is 24.3 Å². The quantitative estimate of drug-likeness (QED) is 0.0368. The zero-order valence-electron chi connectivity index (χ0n) is 36.9. The van der Waals surface area contributed by atoms with Crippen LogP contribution in [-0.2, 0) is 58.9 Å². The first-order valence-corrected chi connectivity index (χ1v) is 22.3. The molecular weight excluding hydrogens is 819 g/mol. The minimum Gasteiger partial charge on any atom is -0.508 e. The third-order valence-corrected chi connectivity index (χ3v) is 9.74. The molecule has 0 aliphatic rings. The lowest BCUT2D eigenvalue weighted by Crippen LogP contribution is -2.44. The summed E-state index contributed by atoms with van der Waals surface area (Å²) in [5.41, 5.74) is 0.00668. The molecule has 19 heteroatoms. The molecule has 354 valence electrons. The molecule has 2 radical (unpaired) electrons.